The molecule has 0 aliphatic heterocycles. The van der Waals surface area contributed by atoms with Gasteiger partial charge in [0.15, 0.2) is 0 Å². The number of amides is 2. The molecule has 8 nitrogen and oxygen atoms in total. The predicted octanol–water partition coefficient (Wildman–Crippen LogP) is 3.67. The summed E-state index contributed by atoms with van der Waals surface area (Å²) in [6, 6.07) is 8.91. The van der Waals surface area contributed by atoms with Crippen molar-refractivity contribution in [3.63, 3.8) is 0 Å². The van der Waals surface area contributed by atoms with Gasteiger partial charge in [-0.1, -0.05) is 28.3 Å². The fraction of sp³-hybridized carbons (Fsp3) is 0.118. The molecule has 0 unspecified atom stereocenters. The molecule has 140 valence electrons. The third-order valence-corrected chi connectivity index (χ3v) is 4.49. The third kappa shape index (κ3) is 3.62. The van der Waals surface area contributed by atoms with Crippen LogP contribution in [0.4, 0.5) is 16.2 Å². The van der Waals surface area contributed by atoms with Crippen LogP contribution in [0, 0.1) is 6.92 Å². The van der Waals surface area contributed by atoms with E-state index in [1.54, 1.807) is 37.3 Å². The fourth-order valence-electron chi connectivity index (χ4n) is 2.54. The van der Waals surface area contributed by atoms with Gasteiger partial charge in [-0.15, -0.1) is 0 Å². The minimum Gasteiger partial charge on any atom is -0.452 e. The third-order valence-electron chi connectivity index (χ3n) is 3.75. The Labute approximate surface area is 163 Å². The number of primary amides is 1. The minimum absolute atomic E-state index is 0.156. The molecule has 1 heterocycles. The molecule has 2 N–H and O–H groups in total. The Bertz CT molecular complexity index is 1080. The largest absolute Gasteiger partial charge is 0.452 e. The molecule has 1 aromatic heterocycles. The highest BCUT2D eigenvalue weighted by atomic mass is 35.5. The number of rotatable bonds is 4. The van der Waals surface area contributed by atoms with E-state index in [0.29, 0.717) is 27.6 Å². The van der Waals surface area contributed by atoms with Crippen LogP contribution in [-0.2, 0) is 0 Å². The maximum Gasteiger partial charge on any atom is 0.444 e. The Kier molecular flexibility index (Phi) is 5.11. The van der Waals surface area contributed by atoms with Crippen molar-refractivity contribution in [3.8, 4) is 11.8 Å². The van der Waals surface area contributed by atoms with Crippen LogP contribution in [0.15, 0.2) is 45.6 Å². The van der Waals surface area contributed by atoms with Gasteiger partial charge in [0.25, 0.3) is 0 Å². The SMILES string of the molecule is COc1nn(-c2ccc(N(C(N)=O)c3ccc(Cl)c(Cl)c3)c(C)c2)c(=O)o1. The first-order chi connectivity index (χ1) is 12.8. The van der Waals surface area contributed by atoms with Gasteiger partial charge < -0.3 is 14.9 Å². The highest BCUT2D eigenvalue weighted by Crippen LogP contribution is 2.33. The van der Waals surface area contributed by atoms with Gasteiger partial charge in [0, 0.05) is 0 Å². The lowest BCUT2D eigenvalue weighted by molar-refractivity contribution is 0.256. The molecule has 10 heteroatoms. The molecule has 0 saturated carbocycles. The van der Waals surface area contributed by atoms with E-state index >= 15 is 0 Å². The van der Waals surface area contributed by atoms with E-state index in [1.165, 1.54) is 18.1 Å². The highest BCUT2D eigenvalue weighted by molar-refractivity contribution is 6.42. The molecule has 0 atom stereocenters. The standard InChI is InChI=1S/C17H14Cl2N4O4/c1-9-7-11(23-17(25)27-16(21-23)26-2)4-6-14(9)22(15(20)24)10-3-5-12(18)13(19)8-10/h3-8H,1-2H3,(H2,20,24). The quantitative estimate of drug-likeness (QED) is 0.708. The first kappa shape index (κ1) is 18.8. The van der Waals surface area contributed by atoms with Crippen LogP contribution in [-0.4, -0.2) is 22.9 Å². The topological polar surface area (TPSA) is 104 Å². The molecule has 0 aliphatic carbocycles. The number of anilines is 2. The summed E-state index contributed by atoms with van der Waals surface area (Å²) in [5.41, 5.74) is 7.62. The van der Waals surface area contributed by atoms with Crippen LogP contribution in [0.1, 0.15) is 5.56 Å². The highest BCUT2D eigenvalue weighted by Gasteiger charge is 2.19. The van der Waals surface area contributed by atoms with Crippen LogP contribution in [0.3, 0.4) is 0 Å². The number of carbonyl (C=O) groups excluding carboxylic acids is 1. The molecule has 0 spiro atoms. The van der Waals surface area contributed by atoms with Gasteiger partial charge in [-0.3, -0.25) is 4.90 Å². The summed E-state index contributed by atoms with van der Waals surface area (Å²) in [5, 5.41) is 4.55. The summed E-state index contributed by atoms with van der Waals surface area (Å²) in [4.78, 5) is 25.2. The Balaban J connectivity index is 2.06. The van der Waals surface area contributed by atoms with Gasteiger partial charge in [0.05, 0.1) is 34.2 Å². The molecule has 27 heavy (non-hydrogen) atoms. The Morgan fingerprint density at radius 1 is 1.22 bits per heavy atom. The van der Waals surface area contributed by atoms with Gasteiger partial charge in [0.2, 0.25) is 0 Å². The van der Waals surface area contributed by atoms with E-state index in [-0.39, 0.29) is 11.1 Å². The molecule has 2 aromatic carbocycles. The van der Waals surface area contributed by atoms with E-state index in [0.717, 1.165) is 4.68 Å². The number of carbonyl (C=O) groups is 1. The monoisotopic (exact) mass is 408 g/mol. The number of aryl methyl sites for hydroxylation is 1. The van der Waals surface area contributed by atoms with Crippen molar-refractivity contribution in [2.75, 3.05) is 12.0 Å². The Hall–Kier alpha value is -2.97. The minimum atomic E-state index is -0.704. The number of nitrogens with two attached hydrogens (primary N) is 1. The predicted molar refractivity (Wildman–Crippen MR) is 102 cm³/mol. The molecule has 0 bridgehead atoms. The lowest BCUT2D eigenvalue weighted by Gasteiger charge is -2.23. The zero-order valence-corrected chi connectivity index (χ0v) is 15.8. The average molecular weight is 409 g/mol. The van der Waals surface area contributed by atoms with Gasteiger partial charge >= 0.3 is 17.9 Å². The zero-order valence-electron chi connectivity index (χ0n) is 14.3. The second-order valence-corrected chi connectivity index (χ2v) is 6.31. The van der Waals surface area contributed by atoms with Crippen molar-refractivity contribution in [1.82, 2.24) is 9.78 Å². The number of hydrogen-bond acceptors (Lipinski definition) is 5. The molecule has 0 saturated heterocycles. The van der Waals surface area contributed by atoms with Crippen molar-refractivity contribution in [2.45, 2.75) is 6.92 Å². The van der Waals surface area contributed by atoms with Gasteiger partial charge in [-0.25, -0.2) is 9.59 Å². The molecular weight excluding hydrogens is 395 g/mol. The number of aromatic nitrogens is 2. The lowest BCUT2D eigenvalue weighted by Crippen LogP contribution is -2.32. The molecule has 0 radical (unpaired) electrons. The van der Waals surface area contributed by atoms with Crippen molar-refractivity contribution < 1.29 is 13.9 Å². The lowest BCUT2D eigenvalue weighted by atomic mass is 10.1. The van der Waals surface area contributed by atoms with Crippen LogP contribution in [0.2, 0.25) is 10.0 Å². The number of hydrogen-bond donors (Lipinski definition) is 1. The molecule has 3 aromatic rings. The second-order valence-electron chi connectivity index (χ2n) is 5.49. The smallest absolute Gasteiger partial charge is 0.444 e. The van der Waals surface area contributed by atoms with Crippen molar-refractivity contribution in [1.29, 1.82) is 0 Å². The van der Waals surface area contributed by atoms with Crippen molar-refractivity contribution in [3.05, 3.63) is 62.6 Å². The first-order valence-corrected chi connectivity index (χ1v) is 8.37. The number of methoxy groups -OCH3 is 1. The zero-order chi connectivity index (χ0) is 19.7. The Morgan fingerprint density at radius 3 is 2.52 bits per heavy atom. The second kappa shape index (κ2) is 7.34. The first-order valence-electron chi connectivity index (χ1n) is 7.61. The number of halogens is 2. The van der Waals surface area contributed by atoms with Crippen LogP contribution in [0.5, 0.6) is 6.08 Å². The fourth-order valence-corrected chi connectivity index (χ4v) is 2.83. The summed E-state index contributed by atoms with van der Waals surface area (Å²) < 4.78 is 10.7. The number of nitrogens with zero attached hydrogens (tertiary/aromatic N) is 3. The van der Waals surface area contributed by atoms with E-state index in [9.17, 15) is 9.59 Å². The van der Waals surface area contributed by atoms with Crippen LogP contribution in [0.25, 0.3) is 5.69 Å². The summed E-state index contributed by atoms with van der Waals surface area (Å²) in [6.45, 7) is 1.76. The van der Waals surface area contributed by atoms with E-state index in [1.807, 2.05) is 0 Å². The molecule has 2 amide bonds. The molecular formula is C17H14Cl2N4O4. The normalized spacial score (nSPS) is 10.7. The number of benzene rings is 2. The molecule has 0 fully saturated rings. The van der Waals surface area contributed by atoms with Crippen LogP contribution < -0.4 is 21.1 Å². The maximum absolute atomic E-state index is 12.1. The van der Waals surface area contributed by atoms with E-state index < -0.39 is 11.8 Å². The summed E-state index contributed by atoms with van der Waals surface area (Å²) >= 11 is 12.0. The summed E-state index contributed by atoms with van der Waals surface area (Å²) in [6.07, 6.45) is -0.156. The van der Waals surface area contributed by atoms with E-state index in [4.69, 9.17) is 38.1 Å². The van der Waals surface area contributed by atoms with Crippen molar-refractivity contribution in [2.24, 2.45) is 5.73 Å². The van der Waals surface area contributed by atoms with Gasteiger partial charge in [0.1, 0.15) is 0 Å². The summed E-state index contributed by atoms with van der Waals surface area (Å²) in [7, 11) is 1.34. The van der Waals surface area contributed by atoms with Gasteiger partial charge in [-0.05, 0) is 48.9 Å². The Morgan fingerprint density at radius 2 is 1.96 bits per heavy atom. The van der Waals surface area contributed by atoms with Gasteiger partial charge in [-0.2, -0.15) is 4.68 Å². The number of urea groups is 1. The molecule has 3 rings (SSSR count). The van der Waals surface area contributed by atoms with Crippen molar-refractivity contribution >= 4 is 40.6 Å². The van der Waals surface area contributed by atoms with E-state index in [2.05, 4.69) is 5.10 Å². The molecule has 0 aliphatic rings. The maximum atomic E-state index is 12.1. The van der Waals surface area contributed by atoms with Crippen LogP contribution >= 0.6 is 23.2 Å². The number of ether oxygens (including phenoxy) is 1. The average Bonchev–Trinajstić information content (AvgIpc) is 3.00. The summed E-state index contributed by atoms with van der Waals surface area (Å²) in [5.74, 6) is -0.699.